The number of aromatic nitrogens is 2. The first-order chi connectivity index (χ1) is 8.45. The van der Waals surface area contributed by atoms with Gasteiger partial charge in [0, 0.05) is 6.20 Å². The largest absolute Gasteiger partial charge is 0.394 e. The number of aliphatic hydroxyl groups is 3. The van der Waals surface area contributed by atoms with Crippen molar-refractivity contribution in [2.24, 2.45) is 0 Å². The van der Waals surface area contributed by atoms with Crippen molar-refractivity contribution in [2.45, 2.75) is 24.5 Å². The summed E-state index contributed by atoms with van der Waals surface area (Å²) in [6, 6.07) is 0. The fourth-order valence-electron chi connectivity index (χ4n) is 1.75. The van der Waals surface area contributed by atoms with Crippen LogP contribution in [0.4, 0.5) is 5.82 Å². The van der Waals surface area contributed by atoms with Gasteiger partial charge in [0.15, 0.2) is 6.23 Å². The molecule has 1 fully saturated rings. The number of nitrogen functional groups attached to an aromatic ring is 1. The number of hydrogen-bond acceptors (Lipinski definition) is 7. The molecule has 0 spiro atoms. The highest BCUT2D eigenvalue weighted by molar-refractivity contribution is 14.1. The molecule has 0 saturated carbocycles. The highest BCUT2D eigenvalue weighted by Crippen LogP contribution is 2.28. The molecule has 2 heterocycles. The molecule has 0 unspecified atom stereocenters. The first-order valence-corrected chi connectivity index (χ1v) is 6.20. The lowest BCUT2D eigenvalue weighted by Crippen LogP contribution is -2.36. The van der Waals surface area contributed by atoms with Gasteiger partial charge in [-0.25, -0.2) is 4.79 Å². The number of anilines is 1. The van der Waals surface area contributed by atoms with Crippen LogP contribution in [0.1, 0.15) is 6.23 Å². The lowest BCUT2D eigenvalue weighted by molar-refractivity contribution is -0.0550. The summed E-state index contributed by atoms with van der Waals surface area (Å²) in [6.45, 7) is -0.455. The molecule has 1 saturated heterocycles. The maximum Gasteiger partial charge on any atom is 0.351 e. The third-order valence-electron chi connectivity index (χ3n) is 2.73. The highest BCUT2D eigenvalue weighted by atomic mass is 127. The molecule has 5 N–H and O–H groups in total. The Kier molecular flexibility index (Phi) is 3.87. The third-order valence-corrected chi connectivity index (χ3v) is 3.56. The van der Waals surface area contributed by atoms with Crippen LogP contribution in [0, 0.1) is 3.57 Å². The van der Waals surface area contributed by atoms with Crippen molar-refractivity contribution >= 4 is 28.4 Å². The van der Waals surface area contributed by atoms with Gasteiger partial charge in [-0.05, 0) is 22.6 Å². The minimum atomic E-state index is -1.32. The second-order valence-electron chi connectivity index (χ2n) is 3.89. The van der Waals surface area contributed by atoms with E-state index in [0.717, 1.165) is 4.57 Å². The Hall–Kier alpha value is -0.750. The summed E-state index contributed by atoms with van der Waals surface area (Å²) in [5.74, 6) is 0.0867. The van der Waals surface area contributed by atoms with E-state index in [1.807, 2.05) is 22.6 Å². The number of nitrogens with zero attached hydrogens (tertiary/aromatic N) is 2. The van der Waals surface area contributed by atoms with E-state index in [2.05, 4.69) is 4.98 Å². The topological polar surface area (TPSA) is 131 Å². The van der Waals surface area contributed by atoms with E-state index in [-0.39, 0.29) is 5.82 Å². The molecular formula is C9H12IN3O5. The van der Waals surface area contributed by atoms with Gasteiger partial charge in [0.25, 0.3) is 0 Å². The molecule has 1 aliphatic rings. The number of rotatable bonds is 2. The molecular weight excluding hydrogens is 357 g/mol. The van der Waals surface area contributed by atoms with Crippen LogP contribution in [-0.4, -0.2) is 49.8 Å². The molecule has 4 atom stereocenters. The van der Waals surface area contributed by atoms with Crippen LogP contribution in [0.15, 0.2) is 11.0 Å². The van der Waals surface area contributed by atoms with Gasteiger partial charge < -0.3 is 25.8 Å². The van der Waals surface area contributed by atoms with E-state index in [9.17, 15) is 15.0 Å². The molecule has 1 aromatic rings. The van der Waals surface area contributed by atoms with Gasteiger partial charge in [0.1, 0.15) is 24.1 Å². The second-order valence-corrected chi connectivity index (χ2v) is 5.05. The Labute approximate surface area is 115 Å². The zero-order valence-corrected chi connectivity index (χ0v) is 11.3. The van der Waals surface area contributed by atoms with Gasteiger partial charge in [0.05, 0.1) is 10.2 Å². The van der Waals surface area contributed by atoms with Crippen molar-refractivity contribution in [1.29, 1.82) is 0 Å². The first-order valence-electron chi connectivity index (χ1n) is 5.12. The van der Waals surface area contributed by atoms with Gasteiger partial charge in [-0.1, -0.05) is 0 Å². The molecule has 0 amide bonds. The monoisotopic (exact) mass is 369 g/mol. The summed E-state index contributed by atoms with van der Waals surface area (Å²) in [7, 11) is 0. The predicted molar refractivity (Wildman–Crippen MR) is 68.6 cm³/mol. The van der Waals surface area contributed by atoms with Crippen LogP contribution in [0.3, 0.4) is 0 Å². The zero-order chi connectivity index (χ0) is 13.4. The maximum atomic E-state index is 11.7. The average molecular weight is 369 g/mol. The van der Waals surface area contributed by atoms with E-state index >= 15 is 0 Å². The van der Waals surface area contributed by atoms with E-state index in [1.54, 1.807) is 0 Å². The molecule has 1 aromatic heterocycles. The van der Waals surface area contributed by atoms with Crippen LogP contribution in [-0.2, 0) is 4.74 Å². The fraction of sp³-hybridized carbons (Fsp3) is 0.556. The van der Waals surface area contributed by atoms with Crippen molar-refractivity contribution in [1.82, 2.24) is 9.55 Å². The minimum absolute atomic E-state index is 0.0867. The Bertz CT molecular complexity index is 507. The lowest BCUT2D eigenvalue weighted by atomic mass is 10.1. The molecule has 0 aliphatic carbocycles. The summed E-state index contributed by atoms with van der Waals surface area (Å²) in [5, 5.41) is 28.4. The van der Waals surface area contributed by atoms with Crippen LogP contribution >= 0.6 is 22.6 Å². The Morgan fingerprint density at radius 1 is 1.50 bits per heavy atom. The van der Waals surface area contributed by atoms with Crippen LogP contribution in [0.2, 0.25) is 0 Å². The first kappa shape index (κ1) is 13.7. The second kappa shape index (κ2) is 5.09. The fourth-order valence-corrected chi connectivity index (χ4v) is 2.17. The number of ether oxygens (including phenoxy) is 1. The quantitative estimate of drug-likeness (QED) is 0.446. The van der Waals surface area contributed by atoms with Gasteiger partial charge in [0.2, 0.25) is 0 Å². The van der Waals surface area contributed by atoms with Crippen molar-refractivity contribution in [3.05, 3.63) is 20.3 Å². The van der Waals surface area contributed by atoms with Gasteiger partial charge in [-0.3, -0.25) is 4.57 Å². The lowest BCUT2D eigenvalue weighted by Gasteiger charge is -2.17. The molecule has 1 aliphatic heterocycles. The summed E-state index contributed by atoms with van der Waals surface area (Å²) < 4.78 is 6.79. The van der Waals surface area contributed by atoms with Crippen LogP contribution in [0.5, 0.6) is 0 Å². The van der Waals surface area contributed by atoms with Crippen molar-refractivity contribution in [2.75, 3.05) is 12.3 Å². The molecule has 0 radical (unpaired) electrons. The van der Waals surface area contributed by atoms with Crippen molar-refractivity contribution < 1.29 is 20.1 Å². The molecule has 2 rings (SSSR count). The van der Waals surface area contributed by atoms with E-state index in [0.29, 0.717) is 3.57 Å². The minimum Gasteiger partial charge on any atom is -0.394 e. The third kappa shape index (κ3) is 2.23. The van der Waals surface area contributed by atoms with E-state index in [1.165, 1.54) is 6.20 Å². The predicted octanol–water partition coefficient (Wildman–Crippen LogP) is -1.96. The SMILES string of the molecule is Nc1nc(=O)n([C@@H]2O[C@@H](CO)[C@@H](O)[C@H]2O)cc1I. The van der Waals surface area contributed by atoms with Crippen molar-refractivity contribution in [3.8, 4) is 0 Å². The molecule has 18 heavy (non-hydrogen) atoms. The van der Waals surface area contributed by atoms with Gasteiger partial charge >= 0.3 is 5.69 Å². The maximum absolute atomic E-state index is 11.7. The Morgan fingerprint density at radius 3 is 2.72 bits per heavy atom. The molecule has 8 nitrogen and oxygen atoms in total. The highest BCUT2D eigenvalue weighted by Gasteiger charge is 2.43. The Balaban J connectivity index is 2.39. The number of aliphatic hydroxyl groups excluding tert-OH is 3. The molecule has 100 valence electrons. The standard InChI is InChI=1S/C9H12IN3O5/c10-3-1-13(9(17)12-7(3)11)8-6(16)5(15)4(2-14)18-8/h1,4-6,8,14-16H,2H2,(H2,11,12,17)/t4-,5+,6+,8+/m0/s1. The molecule has 0 bridgehead atoms. The number of halogens is 1. The smallest absolute Gasteiger partial charge is 0.351 e. The number of hydrogen-bond donors (Lipinski definition) is 4. The summed E-state index contributed by atoms with van der Waals surface area (Å²) in [5.41, 5.74) is 4.79. The molecule has 9 heteroatoms. The normalized spacial score (nSPS) is 31.8. The van der Waals surface area contributed by atoms with E-state index < -0.39 is 36.8 Å². The summed E-state index contributed by atoms with van der Waals surface area (Å²) in [4.78, 5) is 15.2. The summed E-state index contributed by atoms with van der Waals surface area (Å²) in [6.07, 6.45) is -3.23. The van der Waals surface area contributed by atoms with Crippen LogP contribution < -0.4 is 11.4 Å². The molecule has 0 aromatic carbocycles. The van der Waals surface area contributed by atoms with Gasteiger partial charge in [-0.15, -0.1) is 0 Å². The average Bonchev–Trinajstić information content (AvgIpc) is 2.61. The van der Waals surface area contributed by atoms with Crippen LogP contribution in [0.25, 0.3) is 0 Å². The van der Waals surface area contributed by atoms with E-state index in [4.69, 9.17) is 15.6 Å². The number of nitrogens with two attached hydrogens (primary N) is 1. The van der Waals surface area contributed by atoms with Gasteiger partial charge in [-0.2, -0.15) is 4.98 Å². The Morgan fingerprint density at radius 2 is 2.17 bits per heavy atom. The zero-order valence-electron chi connectivity index (χ0n) is 9.10. The summed E-state index contributed by atoms with van der Waals surface area (Å²) >= 11 is 1.88. The van der Waals surface area contributed by atoms with Crippen molar-refractivity contribution in [3.63, 3.8) is 0 Å².